The Bertz CT molecular complexity index is 668. The van der Waals surface area contributed by atoms with E-state index >= 15 is 0 Å². The van der Waals surface area contributed by atoms with Gasteiger partial charge in [0.1, 0.15) is 0 Å². The summed E-state index contributed by atoms with van der Waals surface area (Å²) in [6.45, 7) is 7.99. The van der Waals surface area contributed by atoms with Crippen LogP contribution in [0.3, 0.4) is 0 Å². The molecule has 0 spiro atoms. The lowest BCUT2D eigenvalue weighted by atomic mass is 10.0. The lowest BCUT2D eigenvalue weighted by Crippen LogP contribution is -1.89. The van der Waals surface area contributed by atoms with Crippen molar-refractivity contribution in [1.82, 2.24) is 0 Å². The molecule has 20 heavy (non-hydrogen) atoms. The monoisotopic (exact) mass is 281 g/mol. The van der Waals surface area contributed by atoms with E-state index in [1.807, 2.05) is 25.2 Å². The molecule has 1 N–H and O–H groups in total. The molecule has 1 nitrogen and oxygen atoms in total. The van der Waals surface area contributed by atoms with Crippen LogP contribution in [0.15, 0.2) is 66.1 Å². The topological polar surface area (TPSA) is 12.0 Å². The molecule has 0 fully saturated rings. The molecule has 0 atom stereocenters. The minimum Gasteiger partial charge on any atom is -0.325 e. The maximum absolute atomic E-state index is 3.88. The molecule has 2 heteroatoms. The van der Waals surface area contributed by atoms with Gasteiger partial charge in [-0.15, -0.1) is 0 Å². The SMILES string of the molecule is C=Cc1ccc(NS/C(C)=C/C=C\C)c2ccccc12. The molecule has 0 aliphatic carbocycles. The number of hydrogen-bond acceptors (Lipinski definition) is 2. The zero-order valence-corrected chi connectivity index (χ0v) is 12.7. The highest BCUT2D eigenvalue weighted by atomic mass is 32.2. The van der Waals surface area contributed by atoms with Gasteiger partial charge in [0.2, 0.25) is 0 Å². The maximum atomic E-state index is 3.88. The van der Waals surface area contributed by atoms with Crippen LogP contribution in [-0.2, 0) is 0 Å². The third-order valence-corrected chi connectivity index (χ3v) is 3.80. The molecule has 0 aliphatic heterocycles. The van der Waals surface area contributed by atoms with Crippen molar-refractivity contribution in [2.45, 2.75) is 13.8 Å². The molecule has 0 saturated carbocycles. The minimum atomic E-state index is 1.13. The zero-order valence-electron chi connectivity index (χ0n) is 11.9. The Hall–Kier alpha value is -1.93. The van der Waals surface area contributed by atoms with E-state index in [1.165, 1.54) is 15.7 Å². The average Bonchev–Trinajstić information content (AvgIpc) is 2.50. The van der Waals surface area contributed by atoms with Crippen LogP contribution >= 0.6 is 11.9 Å². The second-order valence-corrected chi connectivity index (χ2v) is 5.51. The van der Waals surface area contributed by atoms with Gasteiger partial charge in [0.25, 0.3) is 0 Å². The van der Waals surface area contributed by atoms with Crippen molar-refractivity contribution in [1.29, 1.82) is 0 Å². The van der Waals surface area contributed by atoms with Crippen molar-refractivity contribution in [3.05, 3.63) is 71.7 Å². The number of fused-ring (bicyclic) bond motifs is 1. The Morgan fingerprint density at radius 2 is 1.90 bits per heavy atom. The highest BCUT2D eigenvalue weighted by molar-refractivity contribution is 8.04. The van der Waals surface area contributed by atoms with Crippen LogP contribution in [0, 0.1) is 0 Å². The van der Waals surface area contributed by atoms with Gasteiger partial charge in [-0.25, -0.2) is 0 Å². The summed E-state index contributed by atoms with van der Waals surface area (Å²) in [5, 5.41) is 2.44. The molecule has 2 rings (SSSR count). The van der Waals surface area contributed by atoms with Gasteiger partial charge in [0.15, 0.2) is 0 Å². The molecule has 102 valence electrons. The summed E-state index contributed by atoms with van der Waals surface area (Å²) >= 11 is 1.63. The minimum absolute atomic E-state index is 1.13. The van der Waals surface area contributed by atoms with Crippen molar-refractivity contribution in [2.24, 2.45) is 0 Å². The Morgan fingerprint density at radius 3 is 2.60 bits per heavy atom. The highest BCUT2D eigenvalue weighted by Gasteiger charge is 2.03. The third kappa shape index (κ3) is 3.34. The summed E-state index contributed by atoms with van der Waals surface area (Å²) in [6, 6.07) is 12.6. The van der Waals surface area contributed by atoms with E-state index in [2.05, 4.69) is 60.7 Å². The normalized spacial score (nSPS) is 12.0. The van der Waals surface area contributed by atoms with Crippen LogP contribution in [0.5, 0.6) is 0 Å². The quantitative estimate of drug-likeness (QED) is 0.531. The maximum Gasteiger partial charge on any atom is 0.0522 e. The molecular formula is C18H19NS. The molecule has 2 aromatic carbocycles. The Morgan fingerprint density at radius 1 is 1.15 bits per heavy atom. The summed E-state index contributed by atoms with van der Waals surface area (Å²) in [5.41, 5.74) is 2.29. The molecule has 0 unspecified atom stereocenters. The van der Waals surface area contributed by atoms with E-state index in [4.69, 9.17) is 0 Å². The summed E-state index contributed by atoms with van der Waals surface area (Å²) in [5.74, 6) is 0. The predicted octanol–water partition coefficient (Wildman–Crippen LogP) is 6.02. The van der Waals surface area contributed by atoms with E-state index in [0.717, 1.165) is 11.3 Å². The fraction of sp³-hybridized carbons (Fsp3) is 0.111. The molecule has 0 aromatic heterocycles. The Kier molecular flexibility index (Phi) is 5.08. The highest BCUT2D eigenvalue weighted by Crippen LogP contribution is 2.30. The number of rotatable bonds is 5. The van der Waals surface area contributed by atoms with Crippen molar-refractivity contribution in [2.75, 3.05) is 4.72 Å². The predicted molar refractivity (Wildman–Crippen MR) is 93.8 cm³/mol. The van der Waals surface area contributed by atoms with Gasteiger partial charge in [0.05, 0.1) is 5.69 Å². The molecule has 0 bridgehead atoms. The molecule has 0 heterocycles. The van der Waals surface area contributed by atoms with E-state index < -0.39 is 0 Å². The van der Waals surface area contributed by atoms with Crippen molar-refractivity contribution >= 4 is 34.5 Å². The molecule has 0 aliphatic rings. The van der Waals surface area contributed by atoms with E-state index in [0.29, 0.717) is 0 Å². The molecule has 0 radical (unpaired) electrons. The first-order valence-corrected chi connectivity index (χ1v) is 7.44. The van der Waals surface area contributed by atoms with Gasteiger partial charge < -0.3 is 4.72 Å². The number of allylic oxidation sites excluding steroid dienone is 4. The molecular weight excluding hydrogens is 262 g/mol. The van der Waals surface area contributed by atoms with Gasteiger partial charge in [-0.05, 0) is 42.8 Å². The smallest absolute Gasteiger partial charge is 0.0522 e. The second-order valence-electron chi connectivity index (χ2n) is 4.46. The first kappa shape index (κ1) is 14.5. The lowest BCUT2D eigenvalue weighted by molar-refractivity contribution is 1.64. The summed E-state index contributed by atoms with van der Waals surface area (Å²) in [7, 11) is 0. The Balaban J connectivity index is 2.29. The first-order valence-electron chi connectivity index (χ1n) is 6.63. The Labute approximate surface area is 125 Å². The second kappa shape index (κ2) is 7.01. The van der Waals surface area contributed by atoms with Crippen molar-refractivity contribution in [3.8, 4) is 0 Å². The van der Waals surface area contributed by atoms with Gasteiger partial charge in [0, 0.05) is 10.3 Å². The third-order valence-electron chi connectivity index (χ3n) is 3.02. The summed E-state index contributed by atoms with van der Waals surface area (Å²) in [6.07, 6.45) is 8.07. The molecule has 2 aromatic rings. The first-order chi connectivity index (χ1) is 9.76. The number of benzene rings is 2. The standard InChI is InChI=1S/C18H19NS/c1-4-6-9-14(3)20-19-18-13-12-15(5-2)16-10-7-8-11-17(16)18/h4-13,19H,2H2,1,3H3/b6-4-,14-9+. The largest absolute Gasteiger partial charge is 0.325 e. The van der Waals surface area contributed by atoms with Crippen molar-refractivity contribution in [3.63, 3.8) is 0 Å². The average molecular weight is 281 g/mol. The molecule has 0 saturated heterocycles. The van der Waals surface area contributed by atoms with Crippen LogP contribution in [0.1, 0.15) is 19.4 Å². The van der Waals surface area contributed by atoms with Crippen LogP contribution in [0.4, 0.5) is 5.69 Å². The van der Waals surface area contributed by atoms with Crippen LogP contribution < -0.4 is 4.72 Å². The molecule has 0 amide bonds. The van der Waals surface area contributed by atoms with Gasteiger partial charge in [-0.3, -0.25) is 0 Å². The van der Waals surface area contributed by atoms with Gasteiger partial charge in [-0.2, -0.15) is 0 Å². The van der Waals surface area contributed by atoms with E-state index in [1.54, 1.807) is 11.9 Å². The van der Waals surface area contributed by atoms with Crippen LogP contribution in [0.2, 0.25) is 0 Å². The summed E-state index contributed by atoms with van der Waals surface area (Å²) < 4.78 is 3.43. The van der Waals surface area contributed by atoms with Gasteiger partial charge >= 0.3 is 0 Å². The van der Waals surface area contributed by atoms with Crippen molar-refractivity contribution < 1.29 is 0 Å². The van der Waals surface area contributed by atoms with E-state index in [-0.39, 0.29) is 0 Å². The zero-order chi connectivity index (χ0) is 14.4. The van der Waals surface area contributed by atoms with Gasteiger partial charge in [-0.1, -0.05) is 61.2 Å². The van der Waals surface area contributed by atoms with Crippen LogP contribution in [0.25, 0.3) is 16.8 Å². The van der Waals surface area contributed by atoms with Crippen LogP contribution in [-0.4, -0.2) is 0 Å². The number of nitrogens with one attached hydrogen (secondary N) is 1. The fourth-order valence-electron chi connectivity index (χ4n) is 1.99. The lowest BCUT2D eigenvalue weighted by Gasteiger charge is -2.11. The number of hydrogen-bond donors (Lipinski definition) is 1. The van der Waals surface area contributed by atoms with E-state index in [9.17, 15) is 0 Å². The summed E-state index contributed by atoms with van der Waals surface area (Å²) in [4.78, 5) is 1.22. The fourth-order valence-corrected chi connectivity index (χ4v) is 2.59. The number of anilines is 1.